The first kappa shape index (κ1) is 16.6. The number of nitrogens with one attached hydrogen (secondary N) is 1. The summed E-state index contributed by atoms with van der Waals surface area (Å²) in [6.07, 6.45) is 0.489. The summed E-state index contributed by atoms with van der Waals surface area (Å²) in [5.41, 5.74) is 7.43. The third-order valence-electron chi connectivity index (χ3n) is 3.16. The Bertz CT molecular complexity index is 420. The van der Waals surface area contributed by atoms with Crippen molar-refractivity contribution in [2.75, 3.05) is 46.1 Å². The van der Waals surface area contributed by atoms with Gasteiger partial charge >= 0.3 is 0 Å². The fraction of sp³-hybridized carbons (Fsp3) is 0.533. The molecule has 0 atom stereocenters. The van der Waals surface area contributed by atoms with Crippen LogP contribution in [0.25, 0.3) is 0 Å². The van der Waals surface area contributed by atoms with E-state index < -0.39 is 0 Å². The molecule has 0 aliphatic rings. The molecule has 1 rings (SSSR count). The van der Waals surface area contributed by atoms with Gasteiger partial charge in [-0.1, -0.05) is 18.2 Å². The number of carbonyl (C=O) groups excluding carboxylic acids is 1. The second-order valence-corrected chi connectivity index (χ2v) is 5.27. The van der Waals surface area contributed by atoms with Crippen LogP contribution < -0.4 is 11.1 Å². The number of amides is 1. The second kappa shape index (κ2) is 8.68. The van der Waals surface area contributed by atoms with Crippen molar-refractivity contribution in [2.45, 2.75) is 13.0 Å². The Morgan fingerprint density at radius 2 is 1.85 bits per heavy atom. The lowest BCUT2D eigenvalue weighted by Crippen LogP contribution is -2.31. The van der Waals surface area contributed by atoms with Crippen LogP contribution in [-0.2, 0) is 11.3 Å². The average molecular weight is 278 g/mol. The maximum atomic E-state index is 11.9. The highest BCUT2D eigenvalue weighted by atomic mass is 16.1. The molecule has 1 aromatic rings. The van der Waals surface area contributed by atoms with Crippen LogP contribution >= 0.6 is 0 Å². The van der Waals surface area contributed by atoms with E-state index in [4.69, 9.17) is 5.73 Å². The summed E-state index contributed by atoms with van der Waals surface area (Å²) in [6.45, 7) is 3.14. The number of likely N-dealkylation sites (N-methyl/N-ethyl adjacent to an activating group) is 2. The van der Waals surface area contributed by atoms with Crippen molar-refractivity contribution in [1.29, 1.82) is 0 Å². The van der Waals surface area contributed by atoms with E-state index >= 15 is 0 Å². The molecule has 0 bridgehead atoms. The van der Waals surface area contributed by atoms with Gasteiger partial charge < -0.3 is 20.9 Å². The highest BCUT2D eigenvalue weighted by Crippen LogP contribution is 2.14. The van der Waals surface area contributed by atoms with Crippen LogP contribution in [0.1, 0.15) is 12.0 Å². The Balaban J connectivity index is 2.36. The zero-order valence-electron chi connectivity index (χ0n) is 12.7. The van der Waals surface area contributed by atoms with Gasteiger partial charge in [0.2, 0.25) is 5.91 Å². The molecular weight excluding hydrogens is 252 g/mol. The fourth-order valence-electron chi connectivity index (χ4n) is 1.81. The number of anilines is 1. The Morgan fingerprint density at radius 3 is 2.50 bits per heavy atom. The molecule has 3 N–H and O–H groups in total. The normalized spacial score (nSPS) is 11.1. The zero-order chi connectivity index (χ0) is 15.0. The van der Waals surface area contributed by atoms with Crippen LogP contribution in [-0.4, -0.2) is 56.5 Å². The summed E-state index contributed by atoms with van der Waals surface area (Å²) in [4.78, 5) is 16.2. The van der Waals surface area contributed by atoms with E-state index in [2.05, 4.69) is 15.1 Å². The number of nitrogens with two attached hydrogens (primary N) is 1. The molecule has 0 saturated carbocycles. The van der Waals surface area contributed by atoms with Gasteiger partial charge in [-0.15, -0.1) is 0 Å². The molecule has 0 radical (unpaired) electrons. The topological polar surface area (TPSA) is 61.6 Å². The third-order valence-corrected chi connectivity index (χ3v) is 3.16. The fourth-order valence-corrected chi connectivity index (χ4v) is 1.81. The van der Waals surface area contributed by atoms with Crippen LogP contribution in [0, 0.1) is 0 Å². The number of hydrogen-bond donors (Lipinski definition) is 2. The van der Waals surface area contributed by atoms with Crippen LogP contribution in [0.15, 0.2) is 24.3 Å². The van der Waals surface area contributed by atoms with E-state index in [0.717, 1.165) is 30.9 Å². The average Bonchev–Trinajstić information content (AvgIpc) is 2.43. The van der Waals surface area contributed by atoms with Crippen LogP contribution in [0.3, 0.4) is 0 Å². The summed E-state index contributed by atoms with van der Waals surface area (Å²) >= 11 is 0. The predicted octanol–water partition coefficient (Wildman–Crippen LogP) is 0.967. The molecule has 112 valence electrons. The lowest BCUT2D eigenvalue weighted by Gasteiger charge is -2.19. The SMILES string of the molecule is CN(C)CCN(C)CCC(=O)Nc1ccccc1CN. The molecule has 0 saturated heterocycles. The van der Waals surface area contributed by atoms with Gasteiger partial charge in [0, 0.05) is 38.3 Å². The first-order valence-electron chi connectivity index (χ1n) is 6.94. The third kappa shape index (κ3) is 6.14. The Hall–Kier alpha value is -1.43. The Kier molecular flexibility index (Phi) is 7.22. The molecule has 0 aliphatic heterocycles. The highest BCUT2D eigenvalue weighted by molar-refractivity contribution is 5.91. The van der Waals surface area contributed by atoms with Gasteiger partial charge in [-0.05, 0) is 32.8 Å². The molecule has 0 fully saturated rings. The van der Waals surface area contributed by atoms with Crippen LogP contribution in [0.5, 0.6) is 0 Å². The van der Waals surface area contributed by atoms with Gasteiger partial charge in [-0.2, -0.15) is 0 Å². The van der Waals surface area contributed by atoms with Crippen molar-refractivity contribution < 1.29 is 4.79 Å². The minimum Gasteiger partial charge on any atom is -0.326 e. The van der Waals surface area contributed by atoms with Gasteiger partial charge in [0.25, 0.3) is 0 Å². The molecule has 1 amide bonds. The number of rotatable bonds is 8. The van der Waals surface area contributed by atoms with Crippen molar-refractivity contribution in [3.63, 3.8) is 0 Å². The Labute approximate surface area is 121 Å². The number of benzene rings is 1. The molecule has 1 aromatic carbocycles. The quantitative estimate of drug-likeness (QED) is 0.744. The monoisotopic (exact) mass is 278 g/mol. The van der Waals surface area contributed by atoms with Crippen molar-refractivity contribution >= 4 is 11.6 Å². The summed E-state index contributed by atoms with van der Waals surface area (Å²) in [7, 11) is 6.12. The minimum absolute atomic E-state index is 0.0302. The largest absolute Gasteiger partial charge is 0.326 e. The molecule has 5 nitrogen and oxygen atoms in total. The van der Waals surface area contributed by atoms with E-state index in [1.54, 1.807) is 0 Å². The van der Waals surface area contributed by atoms with Gasteiger partial charge in [0.1, 0.15) is 0 Å². The number of hydrogen-bond acceptors (Lipinski definition) is 4. The summed E-state index contributed by atoms with van der Waals surface area (Å²) in [5.74, 6) is 0.0302. The molecule has 5 heteroatoms. The number of nitrogens with zero attached hydrogens (tertiary/aromatic N) is 2. The van der Waals surface area contributed by atoms with Gasteiger partial charge in [0.15, 0.2) is 0 Å². The van der Waals surface area contributed by atoms with E-state index in [0.29, 0.717) is 13.0 Å². The summed E-state index contributed by atoms with van der Waals surface area (Å²) in [6, 6.07) is 7.64. The first-order chi connectivity index (χ1) is 9.52. The van der Waals surface area contributed by atoms with E-state index in [1.165, 1.54) is 0 Å². The molecular formula is C15H26N4O. The molecule has 0 unspecified atom stereocenters. The van der Waals surface area contributed by atoms with Gasteiger partial charge in [-0.25, -0.2) is 0 Å². The zero-order valence-corrected chi connectivity index (χ0v) is 12.7. The maximum absolute atomic E-state index is 11.9. The lowest BCUT2D eigenvalue weighted by atomic mass is 10.1. The van der Waals surface area contributed by atoms with E-state index in [9.17, 15) is 4.79 Å². The highest BCUT2D eigenvalue weighted by Gasteiger charge is 2.07. The first-order valence-corrected chi connectivity index (χ1v) is 6.94. The molecule has 0 heterocycles. The lowest BCUT2D eigenvalue weighted by molar-refractivity contribution is -0.116. The van der Waals surface area contributed by atoms with Crippen molar-refractivity contribution in [2.24, 2.45) is 5.73 Å². The predicted molar refractivity (Wildman–Crippen MR) is 83.6 cm³/mol. The van der Waals surface area contributed by atoms with Crippen LogP contribution in [0.4, 0.5) is 5.69 Å². The molecule has 0 aliphatic carbocycles. The smallest absolute Gasteiger partial charge is 0.225 e. The van der Waals surface area contributed by atoms with Crippen molar-refractivity contribution in [3.05, 3.63) is 29.8 Å². The standard InChI is InChI=1S/C15H26N4O/c1-18(2)10-11-19(3)9-8-15(20)17-14-7-5-4-6-13(14)12-16/h4-7H,8-12,16H2,1-3H3,(H,17,20). The van der Waals surface area contributed by atoms with Crippen molar-refractivity contribution in [3.8, 4) is 0 Å². The van der Waals surface area contributed by atoms with Crippen molar-refractivity contribution in [1.82, 2.24) is 9.80 Å². The number of para-hydroxylation sites is 1. The number of carbonyl (C=O) groups is 1. The maximum Gasteiger partial charge on any atom is 0.225 e. The van der Waals surface area contributed by atoms with E-state index in [-0.39, 0.29) is 5.91 Å². The van der Waals surface area contributed by atoms with Gasteiger partial charge in [-0.3, -0.25) is 4.79 Å². The second-order valence-electron chi connectivity index (χ2n) is 5.27. The molecule has 0 spiro atoms. The Morgan fingerprint density at radius 1 is 1.15 bits per heavy atom. The summed E-state index contributed by atoms with van der Waals surface area (Å²) < 4.78 is 0. The minimum atomic E-state index is 0.0302. The molecule has 0 aromatic heterocycles. The van der Waals surface area contributed by atoms with Gasteiger partial charge in [0.05, 0.1) is 0 Å². The van der Waals surface area contributed by atoms with Crippen LogP contribution in [0.2, 0.25) is 0 Å². The molecule has 20 heavy (non-hydrogen) atoms. The van der Waals surface area contributed by atoms with E-state index in [1.807, 2.05) is 45.4 Å². The summed E-state index contributed by atoms with van der Waals surface area (Å²) in [5, 5.41) is 2.93.